The van der Waals surface area contributed by atoms with Crippen molar-refractivity contribution in [3.63, 3.8) is 0 Å². The average Bonchev–Trinajstić information content (AvgIpc) is 3.11. The minimum atomic E-state index is -0.233. The summed E-state index contributed by atoms with van der Waals surface area (Å²) in [5.41, 5.74) is 4.15. The van der Waals surface area contributed by atoms with Gasteiger partial charge in [-0.1, -0.05) is 6.92 Å². The summed E-state index contributed by atoms with van der Waals surface area (Å²) in [6.07, 6.45) is 3.92. The number of imidazole rings is 1. The molecule has 1 aromatic carbocycles. The van der Waals surface area contributed by atoms with Crippen LogP contribution < -0.4 is 10.1 Å². The van der Waals surface area contributed by atoms with E-state index in [0.29, 0.717) is 31.1 Å². The number of carbonyl (C=O) groups is 2. The summed E-state index contributed by atoms with van der Waals surface area (Å²) in [5, 5.41) is 3.06. The number of hydrogen-bond donors (Lipinski definition) is 1. The molecule has 3 aromatic rings. The summed E-state index contributed by atoms with van der Waals surface area (Å²) in [6, 6.07) is 7.39. The second kappa shape index (κ2) is 9.65. The Hall–Kier alpha value is -3.46. The van der Waals surface area contributed by atoms with Crippen LogP contribution in [0.5, 0.6) is 5.75 Å². The number of carbonyl (C=O) groups excluding carboxylic acids is 2. The summed E-state index contributed by atoms with van der Waals surface area (Å²) in [5.74, 6) is 1.26. The number of likely N-dealkylation sites (tertiary alicyclic amines) is 1. The van der Waals surface area contributed by atoms with E-state index in [1.807, 2.05) is 30.9 Å². The average molecular weight is 477 g/mol. The number of pyridine rings is 1. The number of rotatable bonds is 4. The summed E-state index contributed by atoms with van der Waals surface area (Å²) in [7, 11) is 2.08. The van der Waals surface area contributed by atoms with Crippen LogP contribution in [0.25, 0.3) is 11.0 Å². The van der Waals surface area contributed by atoms with Crippen LogP contribution in [0.1, 0.15) is 53.8 Å². The molecule has 0 radical (unpaired) electrons. The molecular weight excluding hydrogens is 444 g/mol. The normalized spacial score (nSPS) is 18.6. The van der Waals surface area contributed by atoms with Gasteiger partial charge in [0.25, 0.3) is 5.91 Å². The van der Waals surface area contributed by atoms with E-state index in [1.165, 1.54) is 0 Å². The Morgan fingerprint density at radius 2 is 2.09 bits per heavy atom. The van der Waals surface area contributed by atoms with Gasteiger partial charge in [-0.25, -0.2) is 4.98 Å². The largest absolute Gasteiger partial charge is 0.492 e. The van der Waals surface area contributed by atoms with E-state index in [0.717, 1.165) is 60.5 Å². The molecule has 0 bridgehead atoms. The number of aromatic nitrogens is 3. The SMILES string of the molecule is CCC(=O)N1CCC[C@@H](n2c(NC(=O)c3ccnc(C)c3)nc3ccc4c(c32)CN(C)CCO4)C1. The molecule has 5 rings (SSSR count). The molecule has 2 aliphatic heterocycles. The van der Waals surface area contributed by atoms with Gasteiger partial charge in [0.2, 0.25) is 11.9 Å². The first-order chi connectivity index (χ1) is 16.9. The van der Waals surface area contributed by atoms with Crippen LogP contribution in [0.3, 0.4) is 0 Å². The zero-order chi connectivity index (χ0) is 24.5. The molecule has 0 unspecified atom stereocenters. The van der Waals surface area contributed by atoms with Gasteiger partial charge in [-0.05, 0) is 51.1 Å². The van der Waals surface area contributed by atoms with Crippen molar-refractivity contribution in [2.45, 2.75) is 45.7 Å². The second-order valence-corrected chi connectivity index (χ2v) is 9.43. The number of amides is 2. The van der Waals surface area contributed by atoms with Gasteiger partial charge in [0.1, 0.15) is 12.4 Å². The van der Waals surface area contributed by atoms with E-state index < -0.39 is 0 Å². The number of nitrogens with zero attached hydrogens (tertiary/aromatic N) is 5. The molecule has 184 valence electrons. The van der Waals surface area contributed by atoms with Crippen molar-refractivity contribution in [2.75, 3.05) is 38.6 Å². The van der Waals surface area contributed by atoms with E-state index >= 15 is 0 Å². The van der Waals surface area contributed by atoms with Crippen molar-refractivity contribution in [2.24, 2.45) is 0 Å². The number of likely N-dealkylation sites (N-methyl/N-ethyl adjacent to an activating group) is 1. The monoisotopic (exact) mass is 476 g/mol. The van der Waals surface area contributed by atoms with E-state index in [4.69, 9.17) is 9.72 Å². The van der Waals surface area contributed by atoms with Crippen LogP contribution in [-0.2, 0) is 11.3 Å². The van der Waals surface area contributed by atoms with Gasteiger partial charge in [0.05, 0.1) is 17.1 Å². The van der Waals surface area contributed by atoms with Gasteiger partial charge in [0.15, 0.2) is 0 Å². The Balaban J connectivity index is 1.62. The highest BCUT2D eigenvalue weighted by Crippen LogP contribution is 2.37. The minimum Gasteiger partial charge on any atom is -0.492 e. The van der Waals surface area contributed by atoms with Crippen molar-refractivity contribution in [3.05, 3.63) is 47.3 Å². The van der Waals surface area contributed by atoms with Crippen molar-refractivity contribution < 1.29 is 14.3 Å². The lowest BCUT2D eigenvalue weighted by molar-refractivity contribution is -0.132. The van der Waals surface area contributed by atoms with E-state index in [-0.39, 0.29) is 17.9 Å². The lowest BCUT2D eigenvalue weighted by Gasteiger charge is -2.34. The van der Waals surface area contributed by atoms with Crippen molar-refractivity contribution in [1.29, 1.82) is 0 Å². The highest BCUT2D eigenvalue weighted by Gasteiger charge is 2.30. The van der Waals surface area contributed by atoms with E-state index in [2.05, 4.69) is 26.8 Å². The smallest absolute Gasteiger partial charge is 0.258 e. The number of aryl methyl sites for hydroxylation is 1. The molecule has 2 aliphatic rings. The maximum Gasteiger partial charge on any atom is 0.258 e. The number of piperidine rings is 1. The van der Waals surface area contributed by atoms with Crippen molar-refractivity contribution in [3.8, 4) is 5.75 Å². The topological polar surface area (TPSA) is 92.6 Å². The Morgan fingerprint density at radius 3 is 2.89 bits per heavy atom. The molecule has 9 heteroatoms. The molecule has 0 spiro atoms. The standard InChI is InChI=1S/C26H32N6O3/c1-4-23(33)31-11-5-6-19(15-31)32-24-20-16-30(3)12-13-35-22(20)8-7-21(24)28-26(32)29-25(34)18-9-10-27-17(2)14-18/h7-10,14,19H,4-6,11-13,15-16H2,1-3H3,(H,28,29,34)/t19-/m1/s1. The van der Waals surface area contributed by atoms with Crippen LogP contribution in [0.4, 0.5) is 5.95 Å². The van der Waals surface area contributed by atoms with E-state index in [9.17, 15) is 9.59 Å². The fourth-order valence-corrected chi connectivity index (χ4v) is 5.11. The highest BCUT2D eigenvalue weighted by molar-refractivity contribution is 6.04. The molecule has 1 atom stereocenters. The first kappa shape index (κ1) is 23.3. The Labute approximate surface area is 205 Å². The third kappa shape index (κ3) is 4.60. The van der Waals surface area contributed by atoms with Crippen LogP contribution in [0, 0.1) is 6.92 Å². The number of nitrogens with one attached hydrogen (secondary N) is 1. The van der Waals surface area contributed by atoms with Crippen LogP contribution in [0.15, 0.2) is 30.5 Å². The van der Waals surface area contributed by atoms with Gasteiger partial charge in [-0.3, -0.25) is 24.8 Å². The predicted octanol–water partition coefficient (Wildman–Crippen LogP) is 3.39. The molecule has 9 nitrogen and oxygen atoms in total. The molecule has 1 saturated heterocycles. The maximum atomic E-state index is 13.2. The molecule has 0 saturated carbocycles. The predicted molar refractivity (Wildman–Crippen MR) is 134 cm³/mol. The molecule has 4 heterocycles. The lowest BCUT2D eigenvalue weighted by atomic mass is 10.0. The summed E-state index contributed by atoms with van der Waals surface area (Å²) >= 11 is 0. The molecular formula is C26H32N6O3. The Kier molecular flexibility index (Phi) is 6.42. The molecule has 1 fully saturated rings. The zero-order valence-corrected chi connectivity index (χ0v) is 20.6. The van der Waals surface area contributed by atoms with Gasteiger partial charge in [0, 0.05) is 55.6 Å². The summed E-state index contributed by atoms with van der Waals surface area (Å²) in [4.78, 5) is 39.0. The quantitative estimate of drug-likeness (QED) is 0.621. The van der Waals surface area contributed by atoms with Gasteiger partial charge >= 0.3 is 0 Å². The number of anilines is 1. The van der Waals surface area contributed by atoms with Crippen LogP contribution in [-0.4, -0.2) is 69.4 Å². The third-order valence-corrected chi connectivity index (χ3v) is 6.87. The van der Waals surface area contributed by atoms with E-state index in [1.54, 1.807) is 18.3 Å². The molecule has 35 heavy (non-hydrogen) atoms. The van der Waals surface area contributed by atoms with Crippen LogP contribution in [0.2, 0.25) is 0 Å². The summed E-state index contributed by atoms with van der Waals surface area (Å²) in [6.45, 7) is 7.29. The Morgan fingerprint density at radius 1 is 1.23 bits per heavy atom. The molecule has 2 amide bonds. The molecule has 2 aromatic heterocycles. The fourth-order valence-electron chi connectivity index (χ4n) is 5.11. The van der Waals surface area contributed by atoms with Crippen molar-refractivity contribution in [1.82, 2.24) is 24.3 Å². The van der Waals surface area contributed by atoms with Crippen molar-refractivity contribution >= 4 is 28.8 Å². The number of ether oxygens (including phenoxy) is 1. The first-order valence-electron chi connectivity index (χ1n) is 12.3. The minimum absolute atomic E-state index is 0.00112. The second-order valence-electron chi connectivity index (χ2n) is 9.43. The zero-order valence-electron chi connectivity index (χ0n) is 20.6. The van der Waals surface area contributed by atoms with Gasteiger partial charge in [-0.2, -0.15) is 0 Å². The van der Waals surface area contributed by atoms with Crippen LogP contribution >= 0.6 is 0 Å². The number of benzene rings is 1. The fraction of sp³-hybridized carbons (Fsp3) is 0.462. The molecule has 0 aliphatic carbocycles. The Bertz CT molecular complexity index is 1270. The number of fused-ring (bicyclic) bond motifs is 3. The lowest BCUT2D eigenvalue weighted by Crippen LogP contribution is -2.40. The third-order valence-electron chi connectivity index (χ3n) is 6.87. The maximum absolute atomic E-state index is 13.2. The van der Waals surface area contributed by atoms with Gasteiger partial charge in [-0.15, -0.1) is 0 Å². The summed E-state index contributed by atoms with van der Waals surface area (Å²) < 4.78 is 8.21. The highest BCUT2D eigenvalue weighted by atomic mass is 16.5. The first-order valence-corrected chi connectivity index (χ1v) is 12.3. The van der Waals surface area contributed by atoms with Gasteiger partial charge < -0.3 is 14.2 Å². The molecule has 1 N–H and O–H groups in total. The number of hydrogen-bond acceptors (Lipinski definition) is 6.